The topological polar surface area (TPSA) is 18.5 Å². The molecule has 0 bridgehead atoms. The zero-order valence-corrected chi connectivity index (χ0v) is 21.6. The molecule has 0 unspecified atom stereocenters. The van der Waals surface area contributed by atoms with Gasteiger partial charge in [0.15, 0.2) is 0 Å². The summed E-state index contributed by atoms with van der Waals surface area (Å²) in [5, 5.41) is 0. The van der Waals surface area contributed by atoms with Gasteiger partial charge in [0.1, 0.15) is 17.1 Å². The molecule has 0 aliphatic rings. The third kappa shape index (κ3) is 7.22. The Morgan fingerprint density at radius 1 is 0.667 bits per heavy atom. The third-order valence-corrected chi connectivity index (χ3v) is 6.10. The lowest BCUT2D eigenvalue weighted by Gasteiger charge is -2.28. The lowest BCUT2D eigenvalue weighted by molar-refractivity contribution is -0.198. The maximum Gasteiger partial charge on any atom is 0.427 e. The van der Waals surface area contributed by atoms with Crippen molar-refractivity contribution in [3.63, 3.8) is 0 Å². The van der Waals surface area contributed by atoms with Gasteiger partial charge in [-0.15, -0.1) is 0 Å². The normalized spacial score (nSPS) is 12.5. The van der Waals surface area contributed by atoms with Gasteiger partial charge in [-0.2, -0.15) is 35.1 Å². The fraction of sp³-hybridized carbons (Fsp3) is 0.379. The second kappa shape index (κ2) is 11.8. The van der Waals surface area contributed by atoms with Crippen LogP contribution >= 0.6 is 0 Å². The van der Waals surface area contributed by atoms with Gasteiger partial charge < -0.3 is 9.47 Å². The van der Waals surface area contributed by atoms with E-state index in [1.54, 1.807) is 0 Å². The number of unbranched alkanes of at least 4 members (excludes halogenated alkanes) is 2. The molecule has 0 aliphatic heterocycles. The van der Waals surface area contributed by atoms with Crippen molar-refractivity contribution in [2.24, 2.45) is 0 Å². The predicted octanol–water partition coefficient (Wildman–Crippen LogP) is 9.96. The van der Waals surface area contributed by atoms with Crippen LogP contribution in [0.4, 0.5) is 35.1 Å². The van der Waals surface area contributed by atoms with Crippen LogP contribution in [0.15, 0.2) is 54.6 Å². The van der Waals surface area contributed by atoms with Crippen molar-refractivity contribution in [1.29, 1.82) is 0 Å². The lowest BCUT2D eigenvalue weighted by Crippen LogP contribution is -2.30. The largest absolute Gasteiger partial charge is 0.493 e. The van der Waals surface area contributed by atoms with Gasteiger partial charge in [0, 0.05) is 0 Å². The number of benzene rings is 3. The summed E-state index contributed by atoms with van der Waals surface area (Å²) in [5.41, 5.74) is -4.99. The molecule has 0 spiro atoms. The molecule has 0 saturated heterocycles. The molecule has 3 rings (SSSR count). The Bertz CT molecular complexity index is 1240. The van der Waals surface area contributed by atoms with Crippen molar-refractivity contribution < 1.29 is 44.6 Å². The highest BCUT2D eigenvalue weighted by atomic mass is 19.4. The Kier molecular flexibility index (Phi) is 9.18. The minimum Gasteiger partial charge on any atom is -0.493 e. The number of hydrogen-bond donors (Lipinski definition) is 0. The number of hydrogen-bond acceptors (Lipinski definition) is 2. The van der Waals surface area contributed by atoms with Crippen LogP contribution < -0.4 is 9.47 Å². The second-order valence-corrected chi connectivity index (χ2v) is 9.04. The van der Waals surface area contributed by atoms with Gasteiger partial charge in [-0.1, -0.05) is 56.2 Å². The summed E-state index contributed by atoms with van der Waals surface area (Å²) in [6, 6.07) is 13.3. The molecule has 3 aromatic rings. The molecule has 0 aliphatic carbocycles. The van der Waals surface area contributed by atoms with Gasteiger partial charge in [0.2, 0.25) is 0 Å². The Morgan fingerprint density at radius 3 is 1.69 bits per heavy atom. The van der Waals surface area contributed by atoms with E-state index >= 15 is 8.78 Å². The zero-order valence-electron chi connectivity index (χ0n) is 21.6. The van der Waals surface area contributed by atoms with Gasteiger partial charge in [-0.05, 0) is 67.1 Å². The van der Waals surface area contributed by atoms with E-state index in [2.05, 4.69) is 11.7 Å². The first kappa shape index (κ1) is 30.2. The molecule has 0 N–H and O–H groups in total. The van der Waals surface area contributed by atoms with Gasteiger partial charge in [0.05, 0.1) is 17.7 Å². The first-order valence-electron chi connectivity index (χ1n) is 12.4. The molecule has 10 heteroatoms. The molecular formula is C29H28F8O2. The second-order valence-electron chi connectivity index (χ2n) is 9.04. The van der Waals surface area contributed by atoms with Crippen LogP contribution in [-0.4, -0.2) is 6.61 Å². The Morgan fingerprint density at radius 2 is 1.21 bits per heavy atom. The van der Waals surface area contributed by atoms with Gasteiger partial charge >= 0.3 is 18.5 Å². The minimum absolute atomic E-state index is 0.403. The monoisotopic (exact) mass is 560 g/mol. The van der Waals surface area contributed by atoms with Crippen molar-refractivity contribution in [2.45, 2.75) is 64.9 Å². The number of rotatable bonds is 10. The van der Waals surface area contributed by atoms with Crippen molar-refractivity contribution in [3.8, 4) is 22.6 Å². The molecule has 3 aromatic carbocycles. The van der Waals surface area contributed by atoms with Gasteiger partial charge in [-0.25, -0.2) is 0 Å². The molecule has 39 heavy (non-hydrogen) atoms. The van der Waals surface area contributed by atoms with Crippen LogP contribution in [0.3, 0.4) is 0 Å². The Hall–Kier alpha value is -3.30. The van der Waals surface area contributed by atoms with Crippen molar-refractivity contribution in [1.82, 2.24) is 0 Å². The Labute approximate surface area is 221 Å². The first-order valence-corrected chi connectivity index (χ1v) is 12.4. The highest BCUT2D eigenvalue weighted by Crippen LogP contribution is 2.51. The maximum absolute atomic E-state index is 15.2. The fourth-order valence-corrected chi connectivity index (χ4v) is 4.35. The summed E-state index contributed by atoms with van der Waals surface area (Å²) in [6.45, 7) is 3.82. The molecule has 212 valence electrons. The van der Waals surface area contributed by atoms with Crippen LogP contribution in [0.25, 0.3) is 11.1 Å². The van der Waals surface area contributed by atoms with E-state index < -0.39 is 58.8 Å². The summed E-state index contributed by atoms with van der Waals surface area (Å²) in [4.78, 5) is 0. The van der Waals surface area contributed by atoms with E-state index in [9.17, 15) is 26.3 Å². The highest BCUT2D eigenvalue weighted by molar-refractivity contribution is 5.64. The Balaban J connectivity index is 1.96. The maximum atomic E-state index is 15.2. The SMILES string of the molecule is CCCCCc1ccc(-c2ccc(OC(F)(F)c3c(C)cc(OCC)c(C(F)(F)F)c3C(F)(F)F)cc2)cc1. The molecule has 0 aromatic heterocycles. The van der Waals surface area contributed by atoms with E-state index in [0.29, 0.717) is 11.6 Å². The van der Waals surface area contributed by atoms with E-state index in [0.717, 1.165) is 55.9 Å². The quantitative estimate of drug-likeness (QED) is 0.182. The average molecular weight is 561 g/mol. The summed E-state index contributed by atoms with van der Waals surface area (Å²) in [6.07, 6.45) is -11.9. The number of aryl methyl sites for hydroxylation is 2. The zero-order chi connectivity index (χ0) is 29.0. The van der Waals surface area contributed by atoms with Crippen LogP contribution in [-0.2, 0) is 24.9 Å². The summed E-state index contributed by atoms with van der Waals surface area (Å²) in [5.74, 6) is -1.70. The molecule has 0 fully saturated rings. The predicted molar refractivity (Wildman–Crippen MR) is 132 cm³/mol. The summed E-state index contributed by atoms with van der Waals surface area (Å²) >= 11 is 0. The van der Waals surface area contributed by atoms with Crippen LogP contribution in [0.5, 0.6) is 11.5 Å². The van der Waals surface area contributed by atoms with Crippen LogP contribution in [0, 0.1) is 6.92 Å². The van der Waals surface area contributed by atoms with Crippen LogP contribution in [0.1, 0.15) is 60.9 Å². The lowest BCUT2D eigenvalue weighted by atomic mass is 9.93. The van der Waals surface area contributed by atoms with Crippen molar-refractivity contribution in [2.75, 3.05) is 6.61 Å². The van der Waals surface area contributed by atoms with E-state index in [4.69, 9.17) is 4.74 Å². The van der Waals surface area contributed by atoms with Crippen molar-refractivity contribution >= 4 is 0 Å². The van der Waals surface area contributed by atoms with Gasteiger partial charge in [0.25, 0.3) is 0 Å². The first-order chi connectivity index (χ1) is 18.2. The molecule has 2 nitrogen and oxygen atoms in total. The molecule has 0 radical (unpaired) electrons. The van der Waals surface area contributed by atoms with E-state index in [-0.39, 0.29) is 0 Å². The standard InChI is InChI=1S/C29H28F8O2/c1-4-6-7-8-19-9-11-20(12-10-19)21-13-15-22(16-14-21)39-29(36,37)24-18(3)17-23(38-5-2)25(27(30,31)32)26(24)28(33,34)35/h9-17H,4-8H2,1-3H3. The summed E-state index contributed by atoms with van der Waals surface area (Å²) < 4.78 is 123. The molecule has 0 heterocycles. The highest BCUT2D eigenvalue weighted by Gasteiger charge is 2.53. The summed E-state index contributed by atoms with van der Waals surface area (Å²) in [7, 11) is 0. The van der Waals surface area contributed by atoms with E-state index in [1.165, 1.54) is 19.1 Å². The van der Waals surface area contributed by atoms with Crippen LogP contribution in [0.2, 0.25) is 0 Å². The molecule has 0 amide bonds. The average Bonchev–Trinajstić information content (AvgIpc) is 2.83. The smallest absolute Gasteiger partial charge is 0.427 e. The molecule has 0 saturated carbocycles. The van der Waals surface area contributed by atoms with E-state index in [1.807, 2.05) is 24.3 Å². The van der Waals surface area contributed by atoms with Crippen molar-refractivity contribution in [3.05, 3.63) is 82.4 Å². The third-order valence-electron chi connectivity index (χ3n) is 6.10. The number of halogens is 8. The van der Waals surface area contributed by atoms with Gasteiger partial charge in [-0.3, -0.25) is 0 Å². The molecular weight excluding hydrogens is 532 g/mol. The fourth-order valence-electron chi connectivity index (χ4n) is 4.35. The minimum atomic E-state index is -5.78. The number of ether oxygens (including phenoxy) is 2. The molecule has 0 atom stereocenters. The number of alkyl halides is 8.